The smallest absolute Gasteiger partial charge is 0.359 e. The average Bonchev–Trinajstić information content (AvgIpc) is 3.00. The van der Waals surface area contributed by atoms with Crippen LogP contribution in [0.3, 0.4) is 0 Å². The van der Waals surface area contributed by atoms with Crippen LogP contribution in [-0.2, 0) is 9.53 Å². The number of ether oxygens (including phenoxy) is 1. The highest BCUT2D eigenvalue weighted by Crippen LogP contribution is 2.33. The zero-order chi connectivity index (χ0) is 18.0. The molecule has 1 heterocycles. The number of nitrogens with zero attached hydrogens (tertiary/aromatic N) is 1. The van der Waals surface area contributed by atoms with Crippen molar-refractivity contribution in [3.05, 3.63) is 57.2 Å². The summed E-state index contributed by atoms with van der Waals surface area (Å²) in [4.78, 5) is 24.1. The number of nitrogens with one attached hydrogen (secondary N) is 2. The van der Waals surface area contributed by atoms with Crippen LogP contribution in [0, 0.1) is 0 Å². The van der Waals surface area contributed by atoms with Crippen LogP contribution in [0.25, 0.3) is 10.9 Å². The van der Waals surface area contributed by atoms with E-state index in [2.05, 4.69) is 15.5 Å². The summed E-state index contributed by atoms with van der Waals surface area (Å²) in [6, 6.07) is 9.95. The normalized spacial score (nSPS) is 10.7. The Balaban J connectivity index is 1.66. The van der Waals surface area contributed by atoms with Gasteiger partial charge >= 0.3 is 5.97 Å². The zero-order valence-corrected chi connectivity index (χ0v) is 14.7. The van der Waals surface area contributed by atoms with Crippen LogP contribution in [0.2, 0.25) is 15.1 Å². The summed E-state index contributed by atoms with van der Waals surface area (Å²) in [5.41, 5.74) is 0.989. The van der Waals surface area contributed by atoms with Crippen molar-refractivity contribution in [2.24, 2.45) is 0 Å². The first-order valence-electron chi connectivity index (χ1n) is 7.00. The van der Waals surface area contributed by atoms with E-state index in [0.717, 1.165) is 0 Å². The third-order valence-electron chi connectivity index (χ3n) is 3.27. The minimum atomic E-state index is -0.721. The maximum atomic E-state index is 12.1. The molecule has 0 saturated carbocycles. The van der Waals surface area contributed by atoms with Crippen molar-refractivity contribution in [2.45, 2.75) is 0 Å². The van der Waals surface area contributed by atoms with Gasteiger partial charge in [0.2, 0.25) is 0 Å². The molecular formula is C16H10Cl3N3O3. The van der Waals surface area contributed by atoms with Gasteiger partial charge in [0.25, 0.3) is 5.91 Å². The number of anilines is 1. The number of para-hydroxylation sites is 1. The molecule has 0 aliphatic rings. The van der Waals surface area contributed by atoms with Gasteiger partial charge in [0.15, 0.2) is 12.3 Å². The minimum Gasteiger partial charge on any atom is -0.451 e. The Morgan fingerprint density at radius 2 is 1.80 bits per heavy atom. The molecule has 1 amide bonds. The lowest BCUT2D eigenvalue weighted by atomic mass is 10.2. The van der Waals surface area contributed by atoms with Crippen LogP contribution in [0.4, 0.5) is 5.69 Å². The number of halogens is 3. The number of carbonyl (C=O) groups excluding carboxylic acids is 2. The summed E-state index contributed by atoms with van der Waals surface area (Å²) in [5, 5.41) is 10.4. The van der Waals surface area contributed by atoms with Gasteiger partial charge in [-0.3, -0.25) is 9.89 Å². The lowest BCUT2D eigenvalue weighted by molar-refractivity contribution is -0.119. The van der Waals surface area contributed by atoms with Crippen molar-refractivity contribution >= 4 is 63.3 Å². The molecule has 0 bridgehead atoms. The Morgan fingerprint density at radius 1 is 1.12 bits per heavy atom. The van der Waals surface area contributed by atoms with Crippen LogP contribution in [0.1, 0.15) is 10.5 Å². The summed E-state index contributed by atoms with van der Waals surface area (Å²) < 4.78 is 4.99. The van der Waals surface area contributed by atoms with Gasteiger partial charge in [0, 0.05) is 10.4 Å². The van der Waals surface area contributed by atoms with Crippen LogP contribution >= 0.6 is 34.8 Å². The minimum absolute atomic E-state index is 0.103. The number of esters is 1. The molecule has 0 radical (unpaired) electrons. The molecule has 0 aliphatic carbocycles. The molecule has 25 heavy (non-hydrogen) atoms. The fraction of sp³-hybridized carbons (Fsp3) is 0.0625. The van der Waals surface area contributed by atoms with E-state index >= 15 is 0 Å². The Bertz CT molecular complexity index is 948. The predicted molar refractivity (Wildman–Crippen MR) is 96.5 cm³/mol. The van der Waals surface area contributed by atoms with E-state index in [1.165, 1.54) is 12.1 Å². The summed E-state index contributed by atoms with van der Waals surface area (Å²) >= 11 is 17.8. The summed E-state index contributed by atoms with van der Waals surface area (Å²) in [6.45, 7) is -0.519. The highest BCUT2D eigenvalue weighted by Gasteiger charge is 2.18. The van der Waals surface area contributed by atoms with E-state index in [0.29, 0.717) is 15.9 Å². The van der Waals surface area contributed by atoms with Gasteiger partial charge in [-0.15, -0.1) is 0 Å². The second kappa shape index (κ2) is 7.31. The maximum absolute atomic E-state index is 12.1. The third-order valence-corrected chi connectivity index (χ3v) is 4.08. The van der Waals surface area contributed by atoms with E-state index < -0.39 is 18.5 Å². The lowest BCUT2D eigenvalue weighted by Crippen LogP contribution is -2.21. The van der Waals surface area contributed by atoms with E-state index in [-0.39, 0.29) is 21.4 Å². The third kappa shape index (κ3) is 3.87. The monoisotopic (exact) mass is 397 g/mol. The van der Waals surface area contributed by atoms with Gasteiger partial charge in [0.05, 0.1) is 21.2 Å². The Morgan fingerprint density at radius 3 is 2.52 bits per heavy atom. The van der Waals surface area contributed by atoms with E-state index in [1.807, 2.05) is 6.07 Å². The zero-order valence-electron chi connectivity index (χ0n) is 12.5. The first-order valence-corrected chi connectivity index (χ1v) is 8.13. The number of benzene rings is 2. The van der Waals surface area contributed by atoms with E-state index in [9.17, 15) is 9.59 Å². The molecule has 0 spiro atoms. The molecule has 2 N–H and O–H groups in total. The Labute approximate surface area is 157 Å². The van der Waals surface area contributed by atoms with Gasteiger partial charge in [0.1, 0.15) is 0 Å². The number of fused-ring (bicyclic) bond motifs is 1. The predicted octanol–water partition coefficient (Wildman–Crippen LogP) is 4.32. The molecule has 9 heteroatoms. The fourth-order valence-corrected chi connectivity index (χ4v) is 3.07. The Kier molecular flexibility index (Phi) is 5.13. The van der Waals surface area contributed by atoms with Gasteiger partial charge in [-0.25, -0.2) is 4.79 Å². The fourth-order valence-electron chi connectivity index (χ4n) is 2.16. The molecular weight excluding hydrogens is 389 g/mol. The molecule has 0 saturated heterocycles. The van der Waals surface area contributed by atoms with Crippen LogP contribution in [0.5, 0.6) is 0 Å². The second-order valence-electron chi connectivity index (χ2n) is 4.99. The number of rotatable bonds is 4. The topological polar surface area (TPSA) is 84.1 Å². The SMILES string of the molecule is O=C(COC(=O)c1n[nH]c2ccccc12)Nc1c(Cl)cc(Cl)cc1Cl. The number of amides is 1. The number of H-pyrrole nitrogens is 1. The molecule has 0 unspecified atom stereocenters. The highest BCUT2D eigenvalue weighted by molar-refractivity contribution is 6.42. The summed E-state index contributed by atoms with van der Waals surface area (Å²) in [5.74, 6) is -1.32. The molecule has 0 aliphatic heterocycles. The molecule has 3 aromatic rings. The van der Waals surface area contributed by atoms with Crippen molar-refractivity contribution in [1.82, 2.24) is 10.2 Å². The molecule has 2 aromatic carbocycles. The van der Waals surface area contributed by atoms with E-state index in [1.54, 1.807) is 18.2 Å². The van der Waals surface area contributed by atoms with Crippen LogP contribution in [-0.4, -0.2) is 28.7 Å². The number of hydrogen-bond acceptors (Lipinski definition) is 4. The first-order chi connectivity index (χ1) is 12.0. The van der Waals surface area contributed by atoms with Crippen molar-refractivity contribution in [2.75, 3.05) is 11.9 Å². The molecule has 6 nitrogen and oxygen atoms in total. The number of hydrogen-bond donors (Lipinski definition) is 2. The maximum Gasteiger partial charge on any atom is 0.359 e. The van der Waals surface area contributed by atoms with E-state index in [4.69, 9.17) is 39.5 Å². The highest BCUT2D eigenvalue weighted by atomic mass is 35.5. The summed E-state index contributed by atoms with van der Waals surface area (Å²) in [7, 11) is 0. The quantitative estimate of drug-likeness (QED) is 0.641. The van der Waals surface area contributed by atoms with Gasteiger partial charge < -0.3 is 10.1 Å². The van der Waals surface area contributed by atoms with Crippen molar-refractivity contribution in [3.8, 4) is 0 Å². The first kappa shape index (κ1) is 17.5. The number of aromatic amines is 1. The van der Waals surface area contributed by atoms with Gasteiger partial charge in [-0.05, 0) is 18.2 Å². The average molecular weight is 399 g/mol. The molecule has 1 aromatic heterocycles. The van der Waals surface area contributed by atoms with Crippen molar-refractivity contribution < 1.29 is 14.3 Å². The molecule has 0 fully saturated rings. The van der Waals surface area contributed by atoms with Crippen LogP contribution < -0.4 is 5.32 Å². The number of carbonyl (C=O) groups is 2. The summed E-state index contributed by atoms with van der Waals surface area (Å²) in [6.07, 6.45) is 0. The van der Waals surface area contributed by atoms with Crippen molar-refractivity contribution in [1.29, 1.82) is 0 Å². The van der Waals surface area contributed by atoms with Crippen molar-refractivity contribution in [3.63, 3.8) is 0 Å². The molecule has 3 rings (SSSR count). The standard InChI is InChI=1S/C16H10Cl3N3O3/c17-8-5-10(18)15(11(19)6-8)20-13(23)7-25-16(24)14-9-3-1-2-4-12(9)21-22-14/h1-6H,7H2,(H,20,23)(H,21,22). The molecule has 0 atom stereocenters. The largest absolute Gasteiger partial charge is 0.451 e. The number of aromatic nitrogens is 2. The van der Waals surface area contributed by atoms with Gasteiger partial charge in [-0.1, -0.05) is 53.0 Å². The molecule has 128 valence electrons. The lowest BCUT2D eigenvalue weighted by Gasteiger charge is -2.10. The second-order valence-corrected chi connectivity index (χ2v) is 6.24. The van der Waals surface area contributed by atoms with Gasteiger partial charge in [-0.2, -0.15) is 5.10 Å². The van der Waals surface area contributed by atoms with Crippen LogP contribution in [0.15, 0.2) is 36.4 Å². The Hall–Kier alpha value is -2.28.